The molecule has 0 radical (unpaired) electrons. The summed E-state index contributed by atoms with van der Waals surface area (Å²) in [5.41, 5.74) is 2.49. The van der Waals surface area contributed by atoms with Crippen molar-refractivity contribution in [2.75, 3.05) is 19.0 Å². The summed E-state index contributed by atoms with van der Waals surface area (Å²) in [4.78, 5) is 13.3. The standard InChI is InChI=1S/C31H46N4O4/c1-8-10-11-12-13-14-15-19-39-28-18-17-24(31(4,5)6)20-27(28)32-30(37)29-23(3)35(34-33-29)25(22-36)21-26(38-7)16-9-2/h9,16-18,20-22,36H,8,10-15,19H2,1-7H3,(H,32,37)/b16-9-,25-22-,26-21+. The number of ether oxygens (including phenoxy) is 2. The summed E-state index contributed by atoms with van der Waals surface area (Å²) in [6.07, 6.45) is 14.5. The molecular weight excluding hydrogens is 492 g/mol. The van der Waals surface area contributed by atoms with Gasteiger partial charge in [-0.15, -0.1) is 5.10 Å². The third-order valence-electron chi connectivity index (χ3n) is 6.44. The molecule has 39 heavy (non-hydrogen) atoms. The van der Waals surface area contributed by atoms with Gasteiger partial charge in [-0.1, -0.05) is 83.6 Å². The van der Waals surface area contributed by atoms with Crippen LogP contribution < -0.4 is 10.1 Å². The van der Waals surface area contributed by atoms with E-state index in [2.05, 4.69) is 43.3 Å². The van der Waals surface area contributed by atoms with Gasteiger partial charge in [0.05, 0.1) is 25.1 Å². The molecule has 1 aromatic carbocycles. The van der Waals surface area contributed by atoms with Gasteiger partial charge in [0, 0.05) is 6.08 Å². The smallest absolute Gasteiger partial charge is 0.278 e. The molecule has 2 aromatic rings. The molecule has 2 rings (SSSR count). The van der Waals surface area contributed by atoms with Crippen molar-refractivity contribution in [2.45, 2.75) is 91.9 Å². The zero-order valence-corrected chi connectivity index (χ0v) is 24.7. The molecule has 2 N–H and O–H groups in total. The van der Waals surface area contributed by atoms with Crippen molar-refractivity contribution in [3.8, 4) is 5.75 Å². The third kappa shape index (κ3) is 9.61. The van der Waals surface area contributed by atoms with Gasteiger partial charge in [0.1, 0.15) is 23.5 Å². The second-order valence-electron chi connectivity index (χ2n) is 10.6. The van der Waals surface area contributed by atoms with Crippen LogP contribution in [0.15, 0.2) is 48.4 Å². The Morgan fingerprint density at radius 2 is 1.82 bits per heavy atom. The van der Waals surface area contributed by atoms with Crippen molar-refractivity contribution >= 4 is 17.3 Å². The number of amides is 1. The molecule has 0 atom stereocenters. The number of carbonyl (C=O) groups excluding carboxylic acids is 1. The number of allylic oxidation sites excluding steroid dienone is 4. The van der Waals surface area contributed by atoms with E-state index < -0.39 is 5.91 Å². The fourth-order valence-corrected chi connectivity index (χ4v) is 4.07. The van der Waals surface area contributed by atoms with Gasteiger partial charge >= 0.3 is 0 Å². The predicted octanol–water partition coefficient (Wildman–Crippen LogP) is 7.73. The second kappa shape index (κ2) is 15.8. The Hall–Kier alpha value is -3.55. The molecule has 0 spiro atoms. The molecule has 1 aromatic heterocycles. The van der Waals surface area contributed by atoms with Crippen LogP contribution in [0.4, 0.5) is 5.69 Å². The number of anilines is 1. The van der Waals surface area contributed by atoms with Crippen LogP contribution in [0, 0.1) is 6.92 Å². The number of unbranched alkanes of at least 4 members (excludes halogenated alkanes) is 6. The minimum absolute atomic E-state index is 0.102. The number of carbonyl (C=O) groups is 1. The molecule has 0 saturated carbocycles. The molecule has 8 heteroatoms. The summed E-state index contributed by atoms with van der Waals surface area (Å²) < 4.78 is 12.8. The van der Waals surface area contributed by atoms with Crippen molar-refractivity contribution in [3.05, 3.63) is 65.4 Å². The topological polar surface area (TPSA) is 98.5 Å². The Morgan fingerprint density at radius 3 is 2.44 bits per heavy atom. The van der Waals surface area contributed by atoms with E-state index in [9.17, 15) is 9.90 Å². The maximum Gasteiger partial charge on any atom is 0.278 e. The van der Waals surface area contributed by atoms with E-state index in [4.69, 9.17) is 9.47 Å². The van der Waals surface area contributed by atoms with Crippen molar-refractivity contribution in [3.63, 3.8) is 0 Å². The summed E-state index contributed by atoms with van der Waals surface area (Å²) in [6.45, 7) is 12.8. The van der Waals surface area contributed by atoms with E-state index in [1.54, 1.807) is 19.1 Å². The summed E-state index contributed by atoms with van der Waals surface area (Å²) in [6, 6.07) is 5.92. The molecule has 0 bridgehead atoms. The van der Waals surface area contributed by atoms with Crippen LogP contribution in [-0.4, -0.2) is 39.7 Å². The number of hydrogen-bond donors (Lipinski definition) is 2. The summed E-state index contributed by atoms with van der Waals surface area (Å²) in [5.74, 6) is 0.732. The van der Waals surface area contributed by atoms with E-state index in [1.807, 2.05) is 31.2 Å². The van der Waals surface area contributed by atoms with Crippen LogP contribution >= 0.6 is 0 Å². The lowest BCUT2D eigenvalue weighted by Crippen LogP contribution is -2.17. The first-order valence-corrected chi connectivity index (χ1v) is 13.9. The van der Waals surface area contributed by atoms with Crippen LogP contribution in [0.2, 0.25) is 0 Å². The van der Waals surface area contributed by atoms with Gasteiger partial charge in [-0.2, -0.15) is 0 Å². The highest BCUT2D eigenvalue weighted by molar-refractivity contribution is 6.04. The van der Waals surface area contributed by atoms with Crippen LogP contribution in [0.5, 0.6) is 5.75 Å². The van der Waals surface area contributed by atoms with E-state index in [0.29, 0.717) is 35.2 Å². The zero-order chi connectivity index (χ0) is 28.8. The van der Waals surface area contributed by atoms with Gasteiger partial charge in [0.15, 0.2) is 5.69 Å². The SMILES string of the molecule is C\C=C/C(=C\C(=C\O)n1nnc(C(=O)Nc2cc(C(C)(C)C)ccc2OCCCCCCCCC)c1C)OC. The largest absolute Gasteiger partial charge is 0.513 e. The minimum atomic E-state index is -0.410. The van der Waals surface area contributed by atoms with Gasteiger partial charge in [-0.25, -0.2) is 4.68 Å². The van der Waals surface area contributed by atoms with E-state index in [0.717, 1.165) is 24.7 Å². The average molecular weight is 539 g/mol. The Kier molecular flexibility index (Phi) is 12.8. The Bertz CT molecular complexity index is 1160. The lowest BCUT2D eigenvalue weighted by molar-refractivity contribution is 0.102. The van der Waals surface area contributed by atoms with Crippen molar-refractivity contribution in [1.82, 2.24) is 15.0 Å². The molecule has 8 nitrogen and oxygen atoms in total. The van der Waals surface area contributed by atoms with Crippen LogP contribution in [-0.2, 0) is 10.2 Å². The third-order valence-corrected chi connectivity index (χ3v) is 6.44. The van der Waals surface area contributed by atoms with E-state index in [1.165, 1.54) is 43.9 Å². The summed E-state index contributed by atoms with van der Waals surface area (Å²) in [7, 11) is 1.53. The molecule has 0 aliphatic heterocycles. The maximum absolute atomic E-state index is 13.3. The van der Waals surface area contributed by atoms with Crippen molar-refractivity contribution in [1.29, 1.82) is 0 Å². The molecule has 0 fully saturated rings. The van der Waals surface area contributed by atoms with Crippen LogP contribution in [0.1, 0.15) is 101 Å². The highest BCUT2D eigenvalue weighted by Crippen LogP contribution is 2.32. The second-order valence-corrected chi connectivity index (χ2v) is 10.6. The molecule has 1 amide bonds. The van der Waals surface area contributed by atoms with Gasteiger partial charge in [-0.3, -0.25) is 4.79 Å². The first-order valence-electron chi connectivity index (χ1n) is 13.9. The van der Waals surface area contributed by atoms with Crippen LogP contribution in [0.3, 0.4) is 0 Å². The number of nitrogens with zero attached hydrogens (tertiary/aromatic N) is 3. The Balaban J connectivity index is 2.22. The maximum atomic E-state index is 13.3. The number of aromatic nitrogens is 3. The molecule has 0 unspecified atom stereocenters. The van der Waals surface area contributed by atoms with Crippen molar-refractivity contribution < 1.29 is 19.4 Å². The van der Waals surface area contributed by atoms with E-state index in [-0.39, 0.29) is 11.1 Å². The number of aliphatic hydroxyl groups is 1. The Labute approximate surface area is 233 Å². The number of methoxy groups -OCH3 is 1. The van der Waals surface area contributed by atoms with E-state index >= 15 is 0 Å². The first-order chi connectivity index (χ1) is 18.7. The average Bonchev–Trinajstić information content (AvgIpc) is 3.29. The fraction of sp³-hybridized carbons (Fsp3) is 0.516. The number of hydrogen-bond acceptors (Lipinski definition) is 6. The number of benzene rings is 1. The van der Waals surface area contributed by atoms with Crippen molar-refractivity contribution in [2.24, 2.45) is 0 Å². The summed E-state index contributed by atoms with van der Waals surface area (Å²) in [5, 5.41) is 21.0. The molecule has 1 heterocycles. The minimum Gasteiger partial charge on any atom is -0.513 e. The Morgan fingerprint density at radius 1 is 1.13 bits per heavy atom. The first kappa shape index (κ1) is 31.7. The lowest BCUT2D eigenvalue weighted by atomic mass is 9.87. The quantitative estimate of drug-likeness (QED) is 0.137. The van der Waals surface area contributed by atoms with Gasteiger partial charge in [0.25, 0.3) is 5.91 Å². The zero-order valence-electron chi connectivity index (χ0n) is 24.7. The van der Waals surface area contributed by atoms with Crippen LogP contribution in [0.25, 0.3) is 5.70 Å². The molecule has 214 valence electrons. The fourth-order valence-electron chi connectivity index (χ4n) is 4.07. The normalized spacial score (nSPS) is 12.7. The number of aliphatic hydroxyl groups excluding tert-OH is 1. The molecular formula is C31H46N4O4. The van der Waals surface area contributed by atoms with Gasteiger partial charge < -0.3 is 19.9 Å². The molecule has 0 saturated heterocycles. The monoisotopic (exact) mass is 538 g/mol. The van der Waals surface area contributed by atoms with Gasteiger partial charge in [0.2, 0.25) is 0 Å². The predicted molar refractivity (Wildman–Crippen MR) is 158 cm³/mol. The lowest BCUT2D eigenvalue weighted by Gasteiger charge is -2.21. The highest BCUT2D eigenvalue weighted by Gasteiger charge is 2.22. The molecule has 0 aliphatic rings. The van der Waals surface area contributed by atoms with Gasteiger partial charge in [-0.05, 0) is 49.5 Å². The number of rotatable bonds is 15. The number of nitrogens with one attached hydrogen (secondary N) is 1. The summed E-state index contributed by atoms with van der Waals surface area (Å²) >= 11 is 0. The highest BCUT2D eigenvalue weighted by atomic mass is 16.5. The molecule has 0 aliphatic carbocycles.